The Bertz CT molecular complexity index is 387. The zero-order valence-electron chi connectivity index (χ0n) is 10.4. The second-order valence-corrected chi connectivity index (χ2v) is 3.69. The largest absolute Gasteiger partial charge is 0.478 e. The maximum atomic E-state index is 10.3. The average molecular weight is 288 g/mol. The molecule has 2 atom stereocenters. The van der Waals surface area contributed by atoms with E-state index in [1.54, 1.807) is 0 Å². The Morgan fingerprint density at radius 1 is 0.800 bits per heavy atom. The van der Waals surface area contributed by atoms with Crippen molar-refractivity contribution < 1.29 is 40.2 Å². The molecule has 6 N–H and O–H groups in total. The number of carbonyl (C=O) groups is 2. The fourth-order valence-electron chi connectivity index (χ4n) is 0.999. The SMILES string of the molecule is O=C(O)c1ccc(C(=O)O)cc1.OCC(O)C(O)CO. The van der Waals surface area contributed by atoms with Gasteiger partial charge in [0.25, 0.3) is 0 Å². The fraction of sp³-hybridized carbons (Fsp3) is 0.333. The summed E-state index contributed by atoms with van der Waals surface area (Å²) in [5.41, 5.74) is 0.167. The molecule has 1 aromatic rings. The van der Waals surface area contributed by atoms with E-state index in [-0.39, 0.29) is 11.1 Å². The van der Waals surface area contributed by atoms with Crippen molar-refractivity contribution >= 4 is 11.9 Å². The van der Waals surface area contributed by atoms with Crippen LogP contribution in [0.25, 0.3) is 0 Å². The highest BCUT2D eigenvalue weighted by Crippen LogP contribution is 2.03. The Labute approximate surface area is 114 Å². The van der Waals surface area contributed by atoms with Gasteiger partial charge in [0.05, 0.1) is 24.3 Å². The van der Waals surface area contributed by atoms with E-state index in [0.29, 0.717) is 0 Å². The fourth-order valence-corrected chi connectivity index (χ4v) is 0.999. The predicted molar refractivity (Wildman–Crippen MR) is 66.5 cm³/mol. The minimum atomic E-state index is -1.22. The van der Waals surface area contributed by atoms with Crippen LogP contribution < -0.4 is 0 Å². The normalized spacial score (nSPS) is 12.8. The van der Waals surface area contributed by atoms with Gasteiger partial charge in [-0.1, -0.05) is 0 Å². The van der Waals surface area contributed by atoms with Crippen molar-refractivity contribution in [1.82, 2.24) is 0 Å². The van der Waals surface area contributed by atoms with E-state index in [4.69, 9.17) is 30.6 Å². The highest BCUT2D eigenvalue weighted by Gasteiger charge is 2.12. The molecule has 0 amide bonds. The van der Waals surface area contributed by atoms with Crippen molar-refractivity contribution in [3.63, 3.8) is 0 Å². The first kappa shape index (κ1) is 18.0. The molecule has 1 aromatic carbocycles. The first-order chi connectivity index (χ1) is 9.33. The van der Waals surface area contributed by atoms with Gasteiger partial charge in [-0.15, -0.1) is 0 Å². The molecule has 0 aliphatic heterocycles. The summed E-state index contributed by atoms with van der Waals surface area (Å²) in [6, 6.07) is 5.02. The van der Waals surface area contributed by atoms with Crippen molar-refractivity contribution in [2.75, 3.05) is 13.2 Å². The van der Waals surface area contributed by atoms with Crippen molar-refractivity contribution in [2.24, 2.45) is 0 Å². The lowest BCUT2D eigenvalue weighted by molar-refractivity contribution is -0.0388. The summed E-state index contributed by atoms with van der Waals surface area (Å²) >= 11 is 0. The molecule has 0 saturated heterocycles. The van der Waals surface area contributed by atoms with Gasteiger partial charge < -0.3 is 30.6 Å². The molecule has 0 aliphatic carbocycles. The number of aliphatic hydroxyl groups excluding tert-OH is 4. The van der Waals surface area contributed by atoms with Crippen LogP contribution in [0, 0.1) is 0 Å². The summed E-state index contributed by atoms with van der Waals surface area (Å²) < 4.78 is 0. The van der Waals surface area contributed by atoms with Crippen LogP contribution in [0.5, 0.6) is 0 Å². The van der Waals surface area contributed by atoms with Crippen molar-refractivity contribution in [3.05, 3.63) is 35.4 Å². The van der Waals surface area contributed by atoms with E-state index in [0.717, 1.165) is 0 Å². The zero-order valence-corrected chi connectivity index (χ0v) is 10.4. The van der Waals surface area contributed by atoms with Gasteiger partial charge in [-0.25, -0.2) is 9.59 Å². The third kappa shape index (κ3) is 6.25. The van der Waals surface area contributed by atoms with Crippen LogP contribution in [0.3, 0.4) is 0 Å². The topological polar surface area (TPSA) is 156 Å². The van der Waals surface area contributed by atoms with Crippen LogP contribution in [0.15, 0.2) is 24.3 Å². The van der Waals surface area contributed by atoms with Crippen molar-refractivity contribution in [2.45, 2.75) is 12.2 Å². The molecule has 0 aromatic heterocycles. The molecule has 0 fully saturated rings. The Hall–Kier alpha value is -2.00. The molecule has 0 heterocycles. The summed E-state index contributed by atoms with van der Waals surface area (Å²) in [5.74, 6) is -2.13. The molecule has 0 saturated carbocycles. The second kappa shape index (κ2) is 8.99. The Morgan fingerprint density at radius 3 is 1.20 bits per heavy atom. The number of benzene rings is 1. The number of carboxylic acid groups (broad SMARTS) is 2. The molecule has 0 radical (unpaired) electrons. The minimum absolute atomic E-state index is 0.0833. The van der Waals surface area contributed by atoms with Crippen LogP contribution in [0.4, 0.5) is 0 Å². The standard InChI is InChI=1S/C8H6O4.C4H10O4/c9-7(10)5-1-2-6(4-3-5)8(11)12;5-1-3(7)4(8)2-6/h1-4H,(H,9,10)(H,11,12);3-8H,1-2H2. The van der Waals surface area contributed by atoms with E-state index >= 15 is 0 Å². The average Bonchev–Trinajstić information content (AvgIpc) is 2.46. The number of rotatable bonds is 5. The number of hydrogen-bond donors (Lipinski definition) is 6. The third-order valence-corrected chi connectivity index (χ3v) is 2.20. The summed E-state index contributed by atoms with van der Waals surface area (Å²) in [6.45, 7) is -1.05. The zero-order chi connectivity index (χ0) is 15.7. The molecular formula is C12H16O8. The van der Waals surface area contributed by atoms with Gasteiger partial charge in [0.1, 0.15) is 12.2 Å². The van der Waals surface area contributed by atoms with Gasteiger partial charge in [-0.3, -0.25) is 0 Å². The quantitative estimate of drug-likeness (QED) is 0.393. The lowest BCUT2D eigenvalue weighted by Gasteiger charge is -2.10. The molecule has 0 spiro atoms. The summed E-state index contributed by atoms with van der Waals surface area (Å²) in [6.07, 6.45) is -2.44. The van der Waals surface area contributed by atoms with Gasteiger partial charge in [-0.2, -0.15) is 0 Å². The minimum Gasteiger partial charge on any atom is -0.478 e. The Balaban J connectivity index is 0.000000396. The summed E-state index contributed by atoms with van der Waals surface area (Å²) in [4.78, 5) is 20.7. The molecule has 1 rings (SSSR count). The van der Waals surface area contributed by atoms with Crippen LogP contribution in [0.1, 0.15) is 20.7 Å². The van der Waals surface area contributed by atoms with Crippen LogP contribution in [-0.4, -0.2) is 68.0 Å². The van der Waals surface area contributed by atoms with E-state index in [1.807, 2.05) is 0 Å². The maximum Gasteiger partial charge on any atom is 0.335 e. The number of aliphatic hydroxyl groups is 4. The van der Waals surface area contributed by atoms with E-state index < -0.39 is 37.4 Å². The first-order valence-corrected chi connectivity index (χ1v) is 5.48. The monoisotopic (exact) mass is 288 g/mol. The van der Waals surface area contributed by atoms with E-state index in [1.165, 1.54) is 24.3 Å². The molecular weight excluding hydrogens is 272 g/mol. The Kier molecular flexibility index (Phi) is 8.09. The molecule has 8 nitrogen and oxygen atoms in total. The van der Waals surface area contributed by atoms with Crippen molar-refractivity contribution in [1.29, 1.82) is 0 Å². The molecule has 20 heavy (non-hydrogen) atoms. The maximum absolute atomic E-state index is 10.3. The number of aromatic carboxylic acids is 2. The van der Waals surface area contributed by atoms with E-state index in [9.17, 15) is 9.59 Å². The molecule has 0 aliphatic rings. The Morgan fingerprint density at radius 2 is 1.05 bits per heavy atom. The predicted octanol–water partition coefficient (Wildman–Crippen LogP) is -1.22. The van der Waals surface area contributed by atoms with Crippen LogP contribution in [0.2, 0.25) is 0 Å². The third-order valence-electron chi connectivity index (χ3n) is 2.20. The molecule has 8 heteroatoms. The van der Waals surface area contributed by atoms with Gasteiger partial charge in [0.2, 0.25) is 0 Å². The van der Waals surface area contributed by atoms with Crippen LogP contribution >= 0.6 is 0 Å². The number of carboxylic acids is 2. The molecule has 112 valence electrons. The van der Waals surface area contributed by atoms with Crippen LogP contribution in [-0.2, 0) is 0 Å². The smallest absolute Gasteiger partial charge is 0.335 e. The van der Waals surface area contributed by atoms with Crippen molar-refractivity contribution in [3.8, 4) is 0 Å². The summed E-state index contributed by atoms with van der Waals surface area (Å²) in [7, 11) is 0. The van der Waals surface area contributed by atoms with E-state index in [2.05, 4.69) is 0 Å². The molecule has 2 unspecified atom stereocenters. The van der Waals surface area contributed by atoms with Gasteiger partial charge >= 0.3 is 11.9 Å². The highest BCUT2D eigenvalue weighted by molar-refractivity contribution is 5.91. The summed E-state index contributed by atoms with van der Waals surface area (Å²) in [5, 5.41) is 50.1. The lowest BCUT2D eigenvalue weighted by Crippen LogP contribution is -2.31. The highest BCUT2D eigenvalue weighted by atomic mass is 16.4. The lowest BCUT2D eigenvalue weighted by atomic mass is 10.1. The van der Waals surface area contributed by atoms with Gasteiger partial charge in [-0.05, 0) is 24.3 Å². The first-order valence-electron chi connectivity index (χ1n) is 5.48. The number of hydrogen-bond acceptors (Lipinski definition) is 6. The van der Waals surface area contributed by atoms with Gasteiger partial charge in [0.15, 0.2) is 0 Å². The molecule has 0 bridgehead atoms. The second-order valence-electron chi connectivity index (χ2n) is 3.69. The van der Waals surface area contributed by atoms with Gasteiger partial charge in [0, 0.05) is 0 Å².